The third-order valence-electron chi connectivity index (χ3n) is 1.76. The van der Waals surface area contributed by atoms with E-state index in [1.165, 1.54) is 5.56 Å². The van der Waals surface area contributed by atoms with Crippen LogP contribution in [0.2, 0.25) is 0 Å². The van der Waals surface area contributed by atoms with Crippen LogP contribution in [0.3, 0.4) is 0 Å². The summed E-state index contributed by atoms with van der Waals surface area (Å²) in [6.07, 6.45) is 1.64. The van der Waals surface area contributed by atoms with Gasteiger partial charge in [0, 0.05) is 5.71 Å². The summed E-state index contributed by atoms with van der Waals surface area (Å²) < 4.78 is 0. The Kier molecular flexibility index (Phi) is 3.46. The molecule has 0 aliphatic heterocycles. The van der Waals surface area contributed by atoms with Gasteiger partial charge >= 0.3 is 0 Å². The van der Waals surface area contributed by atoms with Gasteiger partial charge in [-0.15, -0.1) is 0 Å². The normalized spacial score (nSPS) is 13.1. The maximum Gasteiger partial charge on any atom is 0.0909 e. The van der Waals surface area contributed by atoms with Gasteiger partial charge in [-0.3, -0.25) is 4.99 Å². The van der Waals surface area contributed by atoms with Gasteiger partial charge in [0.25, 0.3) is 0 Å². The minimum atomic E-state index is 0.276. The molecular formula is C12H15NO. The van der Waals surface area contributed by atoms with Crippen molar-refractivity contribution in [3.8, 4) is 0 Å². The number of nitrogens with zero attached hydrogens (tertiary/aromatic N) is 1. The van der Waals surface area contributed by atoms with Crippen LogP contribution in [0, 0.1) is 6.92 Å². The van der Waals surface area contributed by atoms with E-state index in [1.807, 2.05) is 38.1 Å². The van der Waals surface area contributed by atoms with Crippen molar-refractivity contribution in [1.82, 2.24) is 0 Å². The zero-order valence-corrected chi connectivity index (χ0v) is 8.78. The van der Waals surface area contributed by atoms with Crippen molar-refractivity contribution in [3.05, 3.63) is 41.7 Å². The topological polar surface area (TPSA) is 32.6 Å². The SMILES string of the molecule is C/C(O)=C/C(C)=N/c1ccc(C)cc1. The van der Waals surface area contributed by atoms with Crippen molar-refractivity contribution in [3.63, 3.8) is 0 Å². The second-order valence-corrected chi connectivity index (χ2v) is 3.37. The van der Waals surface area contributed by atoms with Gasteiger partial charge in [0.1, 0.15) is 0 Å². The summed E-state index contributed by atoms with van der Waals surface area (Å²) in [5.41, 5.74) is 2.93. The van der Waals surface area contributed by atoms with Crippen LogP contribution in [0.5, 0.6) is 0 Å². The van der Waals surface area contributed by atoms with Crippen LogP contribution in [-0.4, -0.2) is 10.8 Å². The van der Waals surface area contributed by atoms with Gasteiger partial charge in [0.15, 0.2) is 0 Å². The first-order chi connectivity index (χ1) is 6.58. The number of hydrogen-bond acceptors (Lipinski definition) is 2. The molecular weight excluding hydrogens is 174 g/mol. The molecule has 0 heterocycles. The molecule has 74 valence electrons. The number of aliphatic hydroxyl groups excluding tert-OH is 1. The van der Waals surface area contributed by atoms with Crippen molar-refractivity contribution in [1.29, 1.82) is 0 Å². The summed E-state index contributed by atoms with van der Waals surface area (Å²) in [4.78, 5) is 4.32. The summed E-state index contributed by atoms with van der Waals surface area (Å²) in [5.74, 6) is 0.276. The van der Waals surface area contributed by atoms with E-state index in [0.29, 0.717) is 0 Å². The fourth-order valence-corrected chi connectivity index (χ4v) is 1.16. The fourth-order valence-electron chi connectivity index (χ4n) is 1.16. The quantitative estimate of drug-likeness (QED) is 0.560. The Morgan fingerprint density at radius 1 is 1.21 bits per heavy atom. The number of rotatable bonds is 2. The molecule has 14 heavy (non-hydrogen) atoms. The molecule has 0 aliphatic carbocycles. The number of allylic oxidation sites excluding steroid dienone is 2. The number of aliphatic imine (C=N–C) groups is 1. The minimum absolute atomic E-state index is 0.276. The minimum Gasteiger partial charge on any atom is -0.513 e. The third-order valence-corrected chi connectivity index (χ3v) is 1.76. The molecule has 0 amide bonds. The number of hydrogen-bond donors (Lipinski definition) is 1. The van der Waals surface area contributed by atoms with Crippen LogP contribution in [0.4, 0.5) is 5.69 Å². The Hall–Kier alpha value is -1.57. The third kappa shape index (κ3) is 3.44. The lowest BCUT2D eigenvalue weighted by molar-refractivity contribution is 0.415. The van der Waals surface area contributed by atoms with Crippen LogP contribution in [0.15, 0.2) is 41.1 Å². The van der Waals surface area contributed by atoms with Gasteiger partial charge in [-0.1, -0.05) is 17.7 Å². The van der Waals surface area contributed by atoms with Gasteiger partial charge < -0.3 is 5.11 Å². The van der Waals surface area contributed by atoms with Crippen molar-refractivity contribution in [2.45, 2.75) is 20.8 Å². The van der Waals surface area contributed by atoms with Crippen LogP contribution in [-0.2, 0) is 0 Å². The van der Waals surface area contributed by atoms with Gasteiger partial charge in [0.2, 0.25) is 0 Å². The number of aliphatic hydroxyl groups is 1. The molecule has 0 atom stereocenters. The van der Waals surface area contributed by atoms with Crippen LogP contribution >= 0.6 is 0 Å². The van der Waals surface area contributed by atoms with E-state index in [-0.39, 0.29) is 5.76 Å². The summed E-state index contributed by atoms with van der Waals surface area (Å²) >= 11 is 0. The Balaban J connectivity index is 2.87. The lowest BCUT2D eigenvalue weighted by atomic mass is 10.2. The van der Waals surface area contributed by atoms with Crippen molar-refractivity contribution in [2.75, 3.05) is 0 Å². The van der Waals surface area contributed by atoms with E-state index in [2.05, 4.69) is 4.99 Å². The van der Waals surface area contributed by atoms with Crippen LogP contribution < -0.4 is 0 Å². The standard InChI is InChI=1S/C12H15NO/c1-9-4-6-12(7-5-9)13-10(2)8-11(3)14/h4-8,14H,1-3H3/b11-8-,13-10+. The van der Waals surface area contributed by atoms with E-state index in [0.717, 1.165) is 11.4 Å². The highest BCUT2D eigenvalue weighted by Gasteiger charge is 1.90. The lowest BCUT2D eigenvalue weighted by Crippen LogP contribution is -1.85. The van der Waals surface area contributed by atoms with Crippen molar-refractivity contribution >= 4 is 11.4 Å². The monoisotopic (exact) mass is 189 g/mol. The number of benzene rings is 1. The average molecular weight is 189 g/mol. The molecule has 0 bridgehead atoms. The van der Waals surface area contributed by atoms with Crippen LogP contribution in [0.1, 0.15) is 19.4 Å². The molecule has 0 unspecified atom stereocenters. The molecule has 0 saturated carbocycles. The second kappa shape index (κ2) is 4.61. The first-order valence-corrected chi connectivity index (χ1v) is 4.57. The summed E-state index contributed by atoms with van der Waals surface area (Å²) in [5, 5.41) is 9.03. The zero-order chi connectivity index (χ0) is 10.6. The number of aryl methyl sites for hydroxylation is 1. The smallest absolute Gasteiger partial charge is 0.0909 e. The summed E-state index contributed by atoms with van der Waals surface area (Å²) in [7, 11) is 0. The summed E-state index contributed by atoms with van der Waals surface area (Å²) in [6, 6.07) is 7.95. The molecule has 0 spiro atoms. The Labute approximate surface area is 84.6 Å². The molecule has 1 N–H and O–H groups in total. The Morgan fingerprint density at radius 3 is 2.29 bits per heavy atom. The van der Waals surface area contributed by atoms with Gasteiger partial charge in [-0.2, -0.15) is 0 Å². The van der Waals surface area contributed by atoms with E-state index < -0.39 is 0 Å². The molecule has 0 fully saturated rings. The molecule has 1 rings (SSSR count). The Morgan fingerprint density at radius 2 is 1.79 bits per heavy atom. The average Bonchev–Trinajstić information content (AvgIpc) is 2.07. The molecule has 1 aromatic carbocycles. The van der Waals surface area contributed by atoms with Gasteiger partial charge in [0.05, 0.1) is 11.4 Å². The Bertz CT molecular complexity index is 356. The molecule has 1 aromatic rings. The molecule has 2 nitrogen and oxygen atoms in total. The highest BCUT2D eigenvalue weighted by Crippen LogP contribution is 2.13. The maximum atomic E-state index is 9.03. The molecule has 0 aliphatic rings. The van der Waals surface area contributed by atoms with E-state index in [9.17, 15) is 0 Å². The first kappa shape index (κ1) is 10.5. The summed E-state index contributed by atoms with van der Waals surface area (Å²) in [6.45, 7) is 5.53. The second-order valence-electron chi connectivity index (χ2n) is 3.37. The van der Waals surface area contributed by atoms with E-state index >= 15 is 0 Å². The molecule has 0 radical (unpaired) electrons. The highest BCUT2D eigenvalue weighted by atomic mass is 16.3. The van der Waals surface area contributed by atoms with Gasteiger partial charge in [-0.25, -0.2) is 0 Å². The van der Waals surface area contributed by atoms with E-state index in [4.69, 9.17) is 5.11 Å². The highest BCUT2D eigenvalue weighted by molar-refractivity contribution is 5.94. The van der Waals surface area contributed by atoms with Crippen molar-refractivity contribution < 1.29 is 5.11 Å². The largest absolute Gasteiger partial charge is 0.513 e. The predicted molar refractivity (Wildman–Crippen MR) is 60.3 cm³/mol. The first-order valence-electron chi connectivity index (χ1n) is 4.57. The van der Waals surface area contributed by atoms with E-state index in [1.54, 1.807) is 13.0 Å². The fraction of sp³-hybridized carbons (Fsp3) is 0.250. The van der Waals surface area contributed by atoms with Crippen molar-refractivity contribution in [2.24, 2.45) is 4.99 Å². The predicted octanol–water partition coefficient (Wildman–Crippen LogP) is 3.55. The maximum absolute atomic E-state index is 9.03. The molecule has 0 aromatic heterocycles. The zero-order valence-electron chi connectivity index (χ0n) is 8.78. The van der Waals surface area contributed by atoms with Gasteiger partial charge in [-0.05, 0) is 39.0 Å². The van der Waals surface area contributed by atoms with Crippen LogP contribution in [0.25, 0.3) is 0 Å². The molecule has 2 heteroatoms. The molecule has 0 saturated heterocycles. The lowest BCUT2D eigenvalue weighted by Gasteiger charge is -1.96.